The maximum absolute atomic E-state index is 11.4. The molecule has 7 nitrogen and oxygen atoms in total. The molecule has 0 aromatic carbocycles. The fraction of sp³-hybridized carbons (Fsp3) is 0.500. The third kappa shape index (κ3) is 2.87. The molecule has 0 radical (unpaired) electrons. The minimum Gasteiger partial charge on any atom is -0.264 e. The van der Waals surface area contributed by atoms with Crippen LogP contribution in [0.2, 0.25) is 0 Å². The molecule has 0 bridgehead atoms. The zero-order valence-corrected chi connectivity index (χ0v) is 9.62. The Bertz CT molecular complexity index is 426. The van der Waals surface area contributed by atoms with Crippen molar-refractivity contribution in [3.63, 3.8) is 0 Å². The summed E-state index contributed by atoms with van der Waals surface area (Å²) >= 11 is 0. The molecule has 2 atom stereocenters. The number of hydrogen-bond donors (Lipinski definition) is 0. The van der Waals surface area contributed by atoms with Gasteiger partial charge in [0.25, 0.3) is 6.04 Å². The van der Waals surface area contributed by atoms with Crippen LogP contribution in [0.3, 0.4) is 0 Å². The fourth-order valence-electron chi connectivity index (χ4n) is 1.08. The van der Waals surface area contributed by atoms with E-state index in [-0.39, 0.29) is 0 Å². The van der Waals surface area contributed by atoms with E-state index in [9.17, 15) is 18.5 Å². The van der Waals surface area contributed by atoms with Crippen molar-refractivity contribution in [1.29, 1.82) is 0 Å². The first kappa shape index (κ1) is 12.8. The van der Waals surface area contributed by atoms with Gasteiger partial charge in [0.1, 0.15) is 0 Å². The van der Waals surface area contributed by atoms with Crippen LogP contribution >= 0.6 is 0 Å². The van der Waals surface area contributed by atoms with Gasteiger partial charge in [-0.25, -0.2) is 4.18 Å². The number of nitrogens with zero attached hydrogens (tertiary/aromatic N) is 2. The van der Waals surface area contributed by atoms with E-state index in [1.807, 2.05) is 0 Å². The van der Waals surface area contributed by atoms with Crippen LogP contribution < -0.4 is 0 Å². The van der Waals surface area contributed by atoms with Crippen LogP contribution in [0.15, 0.2) is 24.3 Å². The molecule has 1 aliphatic carbocycles. The smallest absolute Gasteiger partial charge is 0.264 e. The first-order chi connectivity index (χ1) is 7.34. The van der Waals surface area contributed by atoms with Gasteiger partial charge in [-0.2, -0.15) is 12.7 Å². The lowest BCUT2D eigenvalue weighted by atomic mass is 10.1. The molecule has 0 fully saturated rings. The largest absolute Gasteiger partial charge is 0.338 e. The van der Waals surface area contributed by atoms with Crippen molar-refractivity contribution in [3.8, 4) is 0 Å². The molecule has 0 aliphatic heterocycles. The van der Waals surface area contributed by atoms with Crippen molar-refractivity contribution >= 4 is 10.3 Å². The van der Waals surface area contributed by atoms with Crippen molar-refractivity contribution in [2.45, 2.75) is 12.1 Å². The molecule has 0 amide bonds. The summed E-state index contributed by atoms with van der Waals surface area (Å²) in [7, 11) is -1.34. The van der Waals surface area contributed by atoms with Gasteiger partial charge < -0.3 is 0 Å². The van der Waals surface area contributed by atoms with Gasteiger partial charge in [-0.1, -0.05) is 12.2 Å². The highest BCUT2D eigenvalue weighted by Crippen LogP contribution is 2.15. The molecule has 1 rings (SSSR count). The van der Waals surface area contributed by atoms with E-state index in [0.29, 0.717) is 0 Å². The zero-order valence-electron chi connectivity index (χ0n) is 8.81. The maximum Gasteiger partial charge on any atom is 0.338 e. The van der Waals surface area contributed by atoms with Gasteiger partial charge in [0.05, 0.1) is 0 Å². The molecule has 0 aromatic rings. The average molecular weight is 248 g/mol. The maximum atomic E-state index is 11.4. The minimum absolute atomic E-state index is 0.587. The molecule has 2 unspecified atom stereocenters. The zero-order chi connectivity index (χ0) is 12.3. The van der Waals surface area contributed by atoms with Gasteiger partial charge in [-0.15, -0.1) is 0 Å². The Hall–Kier alpha value is -1.25. The van der Waals surface area contributed by atoms with E-state index >= 15 is 0 Å². The lowest BCUT2D eigenvalue weighted by Gasteiger charge is -2.19. The quantitative estimate of drug-likeness (QED) is 0.514. The second-order valence-electron chi connectivity index (χ2n) is 3.35. The molecule has 90 valence electrons. The number of rotatable bonds is 4. The normalized spacial score (nSPS) is 24.9. The standard InChI is InChI=1S/C8H12N2O5S/c1-9(2)16(13,14)15-8-6-4-3-5-7(8)10(11)12/h3-8H,1-2H3. The Morgan fingerprint density at radius 1 is 1.31 bits per heavy atom. The molecule has 0 saturated heterocycles. The van der Waals surface area contributed by atoms with Crippen molar-refractivity contribution in [3.05, 3.63) is 34.4 Å². The predicted octanol–water partition coefficient (Wildman–Crippen LogP) is -0.0507. The summed E-state index contributed by atoms with van der Waals surface area (Å²) < 4.78 is 28.4. The molecular formula is C8H12N2O5S. The van der Waals surface area contributed by atoms with E-state index in [4.69, 9.17) is 4.18 Å². The van der Waals surface area contributed by atoms with Gasteiger partial charge in [0.15, 0.2) is 6.10 Å². The van der Waals surface area contributed by atoms with Gasteiger partial charge in [0, 0.05) is 19.0 Å². The topological polar surface area (TPSA) is 89.8 Å². The van der Waals surface area contributed by atoms with E-state index in [0.717, 1.165) is 4.31 Å². The monoisotopic (exact) mass is 248 g/mol. The van der Waals surface area contributed by atoms with Crippen molar-refractivity contribution in [2.75, 3.05) is 14.1 Å². The molecule has 0 heterocycles. The predicted molar refractivity (Wildman–Crippen MR) is 56.5 cm³/mol. The summed E-state index contributed by atoms with van der Waals surface area (Å²) in [5.74, 6) is 0. The third-order valence-corrected chi connectivity index (χ3v) is 3.34. The Morgan fingerprint density at radius 2 is 1.88 bits per heavy atom. The Balaban J connectivity index is 2.85. The summed E-state index contributed by atoms with van der Waals surface area (Å²) in [6.45, 7) is 0. The van der Waals surface area contributed by atoms with Crippen LogP contribution in [-0.4, -0.2) is 43.9 Å². The SMILES string of the molecule is CN(C)S(=O)(=O)OC1C=CC=CC1[N+](=O)[O-]. The summed E-state index contributed by atoms with van der Waals surface area (Å²) in [6.07, 6.45) is 4.52. The lowest BCUT2D eigenvalue weighted by Crippen LogP contribution is -2.38. The molecular weight excluding hydrogens is 236 g/mol. The minimum atomic E-state index is -3.92. The second-order valence-corrected chi connectivity index (χ2v) is 5.12. The first-order valence-corrected chi connectivity index (χ1v) is 5.80. The Kier molecular flexibility index (Phi) is 3.79. The molecule has 8 heteroatoms. The van der Waals surface area contributed by atoms with Crippen LogP contribution in [0.4, 0.5) is 0 Å². The van der Waals surface area contributed by atoms with Crippen molar-refractivity contribution in [2.24, 2.45) is 0 Å². The number of nitro groups is 1. The molecule has 0 N–H and O–H groups in total. The second kappa shape index (κ2) is 4.73. The van der Waals surface area contributed by atoms with E-state index < -0.39 is 27.4 Å². The molecule has 0 saturated carbocycles. The van der Waals surface area contributed by atoms with Crippen molar-refractivity contribution in [1.82, 2.24) is 4.31 Å². The van der Waals surface area contributed by atoms with Crippen LogP contribution in [-0.2, 0) is 14.5 Å². The van der Waals surface area contributed by atoms with Gasteiger partial charge >= 0.3 is 10.3 Å². The fourth-order valence-corrected chi connectivity index (χ4v) is 1.71. The van der Waals surface area contributed by atoms with Crippen molar-refractivity contribution < 1.29 is 17.5 Å². The van der Waals surface area contributed by atoms with E-state index in [2.05, 4.69) is 0 Å². The summed E-state index contributed by atoms with van der Waals surface area (Å²) in [6, 6.07) is -1.18. The molecule has 0 aromatic heterocycles. The summed E-state index contributed by atoms with van der Waals surface area (Å²) in [5, 5.41) is 10.7. The first-order valence-electron chi connectivity index (χ1n) is 4.44. The Morgan fingerprint density at radius 3 is 2.38 bits per heavy atom. The Labute approximate surface area is 93.4 Å². The van der Waals surface area contributed by atoms with E-state index in [1.165, 1.54) is 38.4 Å². The summed E-state index contributed by atoms with van der Waals surface area (Å²) in [5.41, 5.74) is 0. The van der Waals surface area contributed by atoms with Crippen LogP contribution in [0.5, 0.6) is 0 Å². The van der Waals surface area contributed by atoms with Crippen LogP contribution in [0.1, 0.15) is 0 Å². The molecule has 1 aliphatic rings. The molecule has 0 spiro atoms. The third-order valence-electron chi connectivity index (χ3n) is 1.98. The molecule has 16 heavy (non-hydrogen) atoms. The number of allylic oxidation sites excluding steroid dienone is 2. The number of hydrogen-bond acceptors (Lipinski definition) is 5. The summed E-state index contributed by atoms with van der Waals surface area (Å²) in [4.78, 5) is 10.1. The highest BCUT2D eigenvalue weighted by molar-refractivity contribution is 7.84. The lowest BCUT2D eigenvalue weighted by molar-refractivity contribution is -0.517. The highest BCUT2D eigenvalue weighted by atomic mass is 32.2. The highest BCUT2D eigenvalue weighted by Gasteiger charge is 2.34. The van der Waals surface area contributed by atoms with Crippen LogP contribution in [0, 0.1) is 10.1 Å². The van der Waals surface area contributed by atoms with E-state index in [1.54, 1.807) is 0 Å². The van der Waals surface area contributed by atoms with Gasteiger partial charge in [0.2, 0.25) is 0 Å². The van der Waals surface area contributed by atoms with Gasteiger partial charge in [-0.3, -0.25) is 10.1 Å². The average Bonchev–Trinajstić information content (AvgIpc) is 2.17. The van der Waals surface area contributed by atoms with Crippen LogP contribution in [0.25, 0.3) is 0 Å². The van der Waals surface area contributed by atoms with Gasteiger partial charge in [-0.05, 0) is 12.2 Å².